The molecule has 0 saturated heterocycles. The molecule has 0 unspecified atom stereocenters. The molecule has 102 valence electrons. The van der Waals surface area contributed by atoms with Crippen molar-refractivity contribution in [2.75, 3.05) is 0 Å². The van der Waals surface area contributed by atoms with Crippen molar-refractivity contribution >= 4 is 12.1 Å². The number of aryl methyl sites for hydroxylation is 1. The molecule has 0 saturated carbocycles. The summed E-state index contributed by atoms with van der Waals surface area (Å²) in [4.78, 5) is 15.7. The number of benzene rings is 1. The van der Waals surface area contributed by atoms with Crippen LogP contribution in [0.4, 0.5) is 0 Å². The van der Waals surface area contributed by atoms with Crippen molar-refractivity contribution in [3.05, 3.63) is 64.5 Å². The van der Waals surface area contributed by atoms with Gasteiger partial charge in [0.1, 0.15) is 0 Å². The van der Waals surface area contributed by atoms with Crippen LogP contribution in [0.1, 0.15) is 32.6 Å². The first-order valence-corrected chi connectivity index (χ1v) is 6.40. The molecule has 0 aliphatic heterocycles. The number of amides is 1. The summed E-state index contributed by atoms with van der Waals surface area (Å²) >= 11 is 0. The second-order valence-corrected chi connectivity index (χ2v) is 4.66. The Morgan fingerprint density at radius 3 is 2.50 bits per heavy atom. The van der Waals surface area contributed by atoms with Gasteiger partial charge in [-0.05, 0) is 55.2 Å². The van der Waals surface area contributed by atoms with Gasteiger partial charge in [0.25, 0.3) is 5.91 Å². The van der Waals surface area contributed by atoms with Crippen LogP contribution in [0.25, 0.3) is 0 Å². The number of hydrazone groups is 1. The van der Waals surface area contributed by atoms with Gasteiger partial charge in [-0.3, -0.25) is 9.78 Å². The van der Waals surface area contributed by atoms with Crippen molar-refractivity contribution in [2.45, 2.75) is 20.8 Å². The van der Waals surface area contributed by atoms with E-state index in [0.717, 1.165) is 5.56 Å². The predicted molar refractivity (Wildman–Crippen MR) is 80.0 cm³/mol. The molecular formula is C16H17N3O. The molecule has 0 bridgehead atoms. The van der Waals surface area contributed by atoms with E-state index in [0.29, 0.717) is 5.56 Å². The Bertz CT molecular complexity index is 648. The molecule has 0 spiro atoms. The van der Waals surface area contributed by atoms with Gasteiger partial charge in [0.05, 0.1) is 6.21 Å². The monoisotopic (exact) mass is 267 g/mol. The molecule has 0 aliphatic rings. The zero-order valence-corrected chi connectivity index (χ0v) is 11.8. The quantitative estimate of drug-likeness (QED) is 0.686. The molecule has 0 radical (unpaired) electrons. The molecule has 0 atom stereocenters. The van der Waals surface area contributed by atoms with Gasteiger partial charge >= 0.3 is 0 Å². The topological polar surface area (TPSA) is 54.4 Å². The summed E-state index contributed by atoms with van der Waals surface area (Å²) in [6.07, 6.45) is 4.82. The van der Waals surface area contributed by atoms with Crippen LogP contribution in [-0.4, -0.2) is 17.1 Å². The molecule has 2 aromatic rings. The number of carbonyl (C=O) groups excluding carboxylic acids is 1. The Morgan fingerprint density at radius 2 is 1.80 bits per heavy atom. The van der Waals surface area contributed by atoms with E-state index in [-0.39, 0.29) is 5.91 Å². The number of hydrogen-bond donors (Lipinski definition) is 1. The minimum absolute atomic E-state index is 0.245. The summed E-state index contributed by atoms with van der Waals surface area (Å²) in [5.74, 6) is -0.245. The van der Waals surface area contributed by atoms with E-state index < -0.39 is 0 Å². The Hall–Kier alpha value is -2.49. The molecule has 1 amide bonds. The first kappa shape index (κ1) is 13.9. The van der Waals surface area contributed by atoms with Gasteiger partial charge in [-0.15, -0.1) is 0 Å². The smallest absolute Gasteiger partial charge is 0.267 e. The lowest BCUT2D eigenvalue weighted by Crippen LogP contribution is -2.17. The van der Waals surface area contributed by atoms with Gasteiger partial charge in [0, 0.05) is 18.0 Å². The third kappa shape index (κ3) is 3.09. The number of nitrogens with one attached hydrogen (secondary N) is 1. The Labute approximate surface area is 118 Å². The first-order valence-electron chi connectivity index (χ1n) is 6.40. The number of hydrogen-bond acceptors (Lipinski definition) is 3. The highest BCUT2D eigenvalue weighted by molar-refractivity contribution is 5.94. The maximum absolute atomic E-state index is 11.8. The van der Waals surface area contributed by atoms with Crippen LogP contribution >= 0.6 is 0 Å². The number of nitrogens with zero attached hydrogens (tertiary/aromatic N) is 2. The lowest BCUT2D eigenvalue weighted by Gasteiger charge is -2.07. The van der Waals surface area contributed by atoms with Crippen LogP contribution in [0.15, 0.2) is 41.8 Å². The van der Waals surface area contributed by atoms with E-state index in [1.807, 2.05) is 19.1 Å². The molecule has 1 heterocycles. The number of carbonyl (C=O) groups is 1. The van der Waals surface area contributed by atoms with Crippen molar-refractivity contribution < 1.29 is 4.79 Å². The van der Waals surface area contributed by atoms with Crippen LogP contribution in [0.5, 0.6) is 0 Å². The second kappa shape index (κ2) is 6.10. The van der Waals surface area contributed by atoms with Crippen molar-refractivity contribution in [1.29, 1.82) is 0 Å². The minimum Gasteiger partial charge on any atom is -0.267 e. The summed E-state index contributed by atoms with van der Waals surface area (Å²) in [5, 5.41) is 4.00. The highest BCUT2D eigenvalue weighted by atomic mass is 16.2. The van der Waals surface area contributed by atoms with Crippen LogP contribution in [-0.2, 0) is 0 Å². The molecule has 2 rings (SSSR count). The number of aromatic nitrogens is 1. The molecule has 1 aromatic heterocycles. The van der Waals surface area contributed by atoms with Crippen molar-refractivity contribution in [1.82, 2.24) is 10.4 Å². The van der Waals surface area contributed by atoms with Crippen LogP contribution in [0, 0.1) is 20.8 Å². The molecule has 0 fully saturated rings. The molecule has 0 aliphatic carbocycles. The van der Waals surface area contributed by atoms with E-state index in [2.05, 4.69) is 29.4 Å². The largest absolute Gasteiger partial charge is 0.271 e. The maximum atomic E-state index is 11.8. The SMILES string of the molecule is Cc1ccc(/C=N\NC(=O)c2ccncc2)c(C)c1C. The Kier molecular flexibility index (Phi) is 4.25. The summed E-state index contributed by atoms with van der Waals surface area (Å²) in [7, 11) is 0. The molecule has 4 nitrogen and oxygen atoms in total. The normalized spacial score (nSPS) is 10.8. The van der Waals surface area contributed by atoms with E-state index in [1.165, 1.54) is 16.7 Å². The standard InChI is InChI=1S/C16H17N3O/c1-11-4-5-15(13(3)12(11)2)10-18-19-16(20)14-6-8-17-9-7-14/h4-10H,1-3H3,(H,19,20)/b18-10-. The van der Waals surface area contributed by atoms with E-state index >= 15 is 0 Å². The summed E-state index contributed by atoms with van der Waals surface area (Å²) in [6, 6.07) is 7.34. The van der Waals surface area contributed by atoms with Crippen molar-refractivity contribution in [3.63, 3.8) is 0 Å². The lowest BCUT2D eigenvalue weighted by atomic mass is 10.00. The highest BCUT2D eigenvalue weighted by Gasteiger charge is 2.03. The zero-order chi connectivity index (χ0) is 14.5. The second-order valence-electron chi connectivity index (χ2n) is 4.66. The summed E-state index contributed by atoms with van der Waals surface area (Å²) < 4.78 is 0. The van der Waals surface area contributed by atoms with E-state index in [9.17, 15) is 4.79 Å². The lowest BCUT2D eigenvalue weighted by molar-refractivity contribution is 0.0955. The number of rotatable bonds is 3. The number of pyridine rings is 1. The summed E-state index contributed by atoms with van der Waals surface area (Å²) in [5.41, 5.74) is 7.72. The third-order valence-electron chi connectivity index (χ3n) is 3.41. The fourth-order valence-electron chi connectivity index (χ4n) is 1.85. The first-order chi connectivity index (χ1) is 9.59. The average Bonchev–Trinajstić information content (AvgIpc) is 2.48. The van der Waals surface area contributed by atoms with Crippen LogP contribution < -0.4 is 5.43 Å². The molecule has 4 heteroatoms. The van der Waals surface area contributed by atoms with Gasteiger partial charge < -0.3 is 0 Å². The minimum atomic E-state index is -0.245. The molecule has 1 N–H and O–H groups in total. The van der Waals surface area contributed by atoms with E-state index in [4.69, 9.17) is 0 Å². The molecular weight excluding hydrogens is 250 g/mol. The molecule has 20 heavy (non-hydrogen) atoms. The maximum Gasteiger partial charge on any atom is 0.271 e. The fraction of sp³-hybridized carbons (Fsp3) is 0.188. The van der Waals surface area contributed by atoms with Crippen LogP contribution in [0.2, 0.25) is 0 Å². The van der Waals surface area contributed by atoms with Gasteiger partial charge in [-0.2, -0.15) is 5.10 Å². The van der Waals surface area contributed by atoms with Gasteiger partial charge in [0.15, 0.2) is 0 Å². The van der Waals surface area contributed by atoms with Gasteiger partial charge in [-0.1, -0.05) is 12.1 Å². The average molecular weight is 267 g/mol. The molecule has 1 aromatic carbocycles. The van der Waals surface area contributed by atoms with Crippen molar-refractivity contribution in [3.8, 4) is 0 Å². The van der Waals surface area contributed by atoms with Crippen molar-refractivity contribution in [2.24, 2.45) is 5.10 Å². The highest BCUT2D eigenvalue weighted by Crippen LogP contribution is 2.15. The summed E-state index contributed by atoms with van der Waals surface area (Å²) in [6.45, 7) is 6.21. The Balaban J connectivity index is 2.08. The zero-order valence-electron chi connectivity index (χ0n) is 11.8. The van der Waals surface area contributed by atoms with Gasteiger partial charge in [-0.25, -0.2) is 5.43 Å². The Morgan fingerprint density at radius 1 is 1.10 bits per heavy atom. The predicted octanol–water partition coefficient (Wildman–Crippen LogP) is 2.77. The van der Waals surface area contributed by atoms with E-state index in [1.54, 1.807) is 30.7 Å². The third-order valence-corrected chi connectivity index (χ3v) is 3.41. The fourth-order valence-corrected chi connectivity index (χ4v) is 1.85. The van der Waals surface area contributed by atoms with Gasteiger partial charge in [0.2, 0.25) is 0 Å². The van der Waals surface area contributed by atoms with Crippen LogP contribution in [0.3, 0.4) is 0 Å².